The van der Waals surface area contributed by atoms with E-state index in [1.165, 1.54) is 19.2 Å². The van der Waals surface area contributed by atoms with Gasteiger partial charge in [0.05, 0.1) is 17.0 Å². The van der Waals surface area contributed by atoms with Crippen LogP contribution >= 0.6 is 11.6 Å². The fourth-order valence-corrected chi connectivity index (χ4v) is 3.76. The molecule has 8 heteroatoms. The monoisotopic (exact) mass is 347 g/mol. The topological polar surface area (TPSA) is 70.7 Å². The van der Waals surface area contributed by atoms with E-state index < -0.39 is 10.0 Å². The van der Waals surface area contributed by atoms with Gasteiger partial charge in [-0.15, -0.1) is 0 Å². The third kappa shape index (κ3) is 4.82. The highest BCUT2D eigenvalue weighted by Gasteiger charge is 2.16. The van der Waals surface area contributed by atoms with E-state index in [9.17, 15) is 8.42 Å². The third-order valence-corrected chi connectivity index (χ3v) is 5.34. The predicted molar refractivity (Wildman–Crippen MR) is 87.1 cm³/mol. The van der Waals surface area contributed by atoms with Crippen LogP contribution in [0.15, 0.2) is 23.1 Å². The average Bonchev–Trinajstić information content (AvgIpc) is 2.52. The van der Waals surface area contributed by atoms with Crippen molar-refractivity contribution in [3.8, 4) is 5.75 Å². The molecule has 2 N–H and O–H groups in total. The number of hydrogen-bond acceptors (Lipinski definition) is 5. The number of ether oxygens (including phenoxy) is 1. The molecule has 1 aromatic carbocycles. The van der Waals surface area contributed by atoms with Gasteiger partial charge in [-0.1, -0.05) is 11.6 Å². The van der Waals surface area contributed by atoms with Crippen molar-refractivity contribution in [3.63, 3.8) is 0 Å². The molecule has 1 fully saturated rings. The summed E-state index contributed by atoms with van der Waals surface area (Å²) in [5.74, 6) is 0.458. The molecule has 1 heterocycles. The number of hydrogen-bond donors (Lipinski definition) is 2. The summed E-state index contributed by atoms with van der Waals surface area (Å²) >= 11 is 5.97. The van der Waals surface area contributed by atoms with Crippen molar-refractivity contribution in [1.29, 1.82) is 0 Å². The van der Waals surface area contributed by atoms with Gasteiger partial charge in [0.1, 0.15) is 5.75 Å². The minimum atomic E-state index is -3.53. The molecule has 6 nitrogen and oxygen atoms in total. The highest BCUT2D eigenvalue weighted by molar-refractivity contribution is 7.89. The van der Waals surface area contributed by atoms with Gasteiger partial charge in [-0.05, 0) is 31.2 Å². The molecule has 1 aliphatic heterocycles. The van der Waals surface area contributed by atoms with Crippen LogP contribution in [0.4, 0.5) is 0 Å². The summed E-state index contributed by atoms with van der Waals surface area (Å²) in [6.45, 7) is 5.33. The first-order chi connectivity index (χ1) is 10.5. The van der Waals surface area contributed by atoms with Crippen LogP contribution in [-0.2, 0) is 10.0 Å². The van der Waals surface area contributed by atoms with Crippen molar-refractivity contribution in [2.24, 2.45) is 0 Å². The van der Waals surface area contributed by atoms with E-state index in [2.05, 4.69) is 14.9 Å². The standard InChI is InChI=1S/C14H22ClN3O3S/c1-21-14-4-3-12(11-13(14)15)22(19,20)17-5-2-8-18-9-6-16-7-10-18/h3-4,11,16-17H,2,5-10H2,1H3. The second kappa shape index (κ2) is 8.12. The van der Waals surface area contributed by atoms with Crippen molar-refractivity contribution < 1.29 is 13.2 Å². The SMILES string of the molecule is COc1ccc(S(=O)(=O)NCCCN2CCNCC2)cc1Cl. The molecule has 0 unspecified atom stereocenters. The summed E-state index contributed by atoms with van der Waals surface area (Å²) in [4.78, 5) is 2.48. The Morgan fingerprint density at radius 2 is 2.09 bits per heavy atom. The molecule has 0 bridgehead atoms. The number of halogens is 1. The van der Waals surface area contributed by atoms with E-state index in [1.807, 2.05) is 0 Å². The Labute approximate surface area is 136 Å². The second-order valence-corrected chi connectivity index (χ2v) is 7.31. The zero-order chi connectivity index (χ0) is 16.0. The van der Waals surface area contributed by atoms with E-state index in [1.54, 1.807) is 6.07 Å². The molecular formula is C14H22ClN3O3S. The molecule has 0 atom stereocenters. The van der Waals surface area contributed by atoms with Gasteiger partial charge in [-0.25, -0.2) is 13.1 Å². The predicted octanol–water partition coefficient (Wildman–Crippen LogP) is 0.922. The highest BCUT2D eigenvalue weighted by atomic mass is 35.5. The molecule has 0 saturated carbocycles. The lowest BCUT2D eigenvalue weighted by Gasteiger charge is -2.27. The van der Waals surface area contributed by atoms with E-state index in [4.69, 9.17) is 16.3 Å². The maximum Gasteiger partial charge on any atom is 0.240 e. The van der Waals surface area contributed by atoms with Crippen LogP contribution in [0.2, 0.25) is 5.02 Å². The van der Waals surface area contributed by atoms with E-state index in [-0.39, 0.29) is 9.92 Å². The van der Waals surface area contributed by atoms with E-state index in [0.717, 1.165) is 39.1 Å². The Morgan fingerprint density at radius 3 is 2.73 bits per heavy atom. The molecule has 1 aliphatic rings. The van der Waals surface area contributed by atoms with Crippen molar-refractivity contribution in [2.45, 2.75) is 11.3 Å². The molecule has 2 rings (SSSR count). The van der Waals surface area contributed by atoms with Gasteiger partial charge in [0.15, 0.2) is 0 Å². The summed E-state index contributed by atoms with van der Waals surface area (Å²) < 4.78 is 32.0. The molecule has 22 heavy (non-hydrogen) atoms. The Hall–Kier alpha value is -0.860. The first kappa shape index (κ1) is 17.5. The molecule has 124 valence electrons. The van der Waals surface area contributed by atoms with Crippen LogP contribution in [0, 0.1) is 0 Å². The van der Waals surface area contributed by atoms with Crippen LogP contribution in [-0.4, -0.2) is 59.7 Å². The minimum absolute atomic E-state index is 0.153. The number of methoxy groups -OCH3 is 1. The summed E-state index contributed by atoms with van der Waals surface area (Å²) in [6, 6.07) is 4.44. The van der Waals surface area contributed by atoms with Crippen molar-refractivity contribution in [2.75, 3.05) is 46.4 Å². The Balaban J connectivity index is 1.84. The zero-order valence-electron chi connectivity index (χ0n) is 12.6. The third-order valence-electron chi connectivity index (χ3n) is 3.59. The minimum Gasteiger partial charge on any atom is -0.495 e. The van der Waals surface area contributed by atoms with Gasteiger partial charge in [-0.3, -0.25) is 0 Å². The quantitative estimate of drug-likeness (QED) is 0.718. The Morgan fingerprint density at radius 1 is 1.36 bits per heavy atom. The van der Waals surface area contributed by atoms with Gasteiger partial charge < -0.3 is 15.0 Å². The molecule has 0 aromatic heterocycles. The first-order valence-corrected chi connectivity index (χ1v) is 9.15. The maximum atomic E-state index is 12.2. The summed E-state index contributed by atoms with van der Waals surface area (Å²) in [5, 5.41) is 3.57. The molecule has 1 saturated heterocycles. The fourth-order valence-electron chi connectivity index (χ4n) is 2.34. The normalized spacial score (nSPS) is 16.6. The van der Waals surface area contributed by atoms with Crippen molar-refractivity contribution >= 4 is 21.6 Å². The largest absolute Gasteiger partial charge is 0.495 e. The van der Waals surface area contributed by atoms with Gasteiger partial charge in [-0.2, -0.15) is 0 Å². The molecule has 0 radical (unpaired) electrons. The number of rotatable bonds is 7. The molecule has 0 aliphatic carbocycles. The molecule has 0 amide bonds. The van der Waals surface area contributed by atoms with Gasteiger partial charge in [0.2, 0.25) is 10.0 Å². The summed E-state index contributed by atoms with van der Waals surface area (Å²) in [5.41, 5.74) is 0. The lowest BCUT2D eigenvalue weighted by molar-refractivity contribution is 0.239. The number of benzene rings is 1. The number of nitrogens with one attached hydrogen (secondary N) is 2. The molecular weight excluding hydrogens is 326 g/mol. The van der Waals surface area contributed by atoms with Crippen LogP contribution in [0.3, 0.4) is 0 Å². The van der Waals surface area contributed by atoms with Crippen LogP contribution in [0.1, 0.15) is 6.42 Å². The van der Waals surface area contributed by atoms with Gasteiger partial charge >= 0.3 is 0 Å². The maximum absolute atomic E-state index is 12.2. The first-order valence-electron chi connectivity index (χ1n) is 7.29. The van der Waals surface area contributed by atoms with E-state index in [0.29, 0.717) is 12.3 Å². The highest BCUT2D eigenvalue weighted by Crippen LogP contribution is 2.26. The summed E-state index contributed by atoms with van der Waals surface area (Å²) in [7, 11) is -2.04. The average molecular weight is 348 g/mol. The van der Waals surface area contributed by atoms with Gasteiger partial charge in [0.25, 0.3) is 0 Å². The lowest BCUT2D eigenvalue weighted by Crippen LogP contribution is -2.44. The number of nitrogens with zero attached hydrogens (tertiary/aromatic N) is 1. The van der Waals surface area contributed by atoms with Gasteiger partial charge in [0, 0.05) is 32.7 Å². The lowest BCUT2D eigenvalue weighted by atomic mass is 10.3. The Bertz CT molecular complexity index is 589. The van der Waals surface area contributed by atoms with Crippen LogP contribution < -0.4 is 14.8 Å². The molecule has 1 aromatic rings. The number of sulfonamides is 1. The van der Waals surface area contributed by atoms with Crippen LogP contribution in [0.5, 0.6) is 5.75 Å². The Kier molecular flexibility index (Phi) is 6.46. The van der Waals surface area contributed by atoms with Crippen molar-refractivity contribution in [3.05, 3.63) is 23.2 Å². The number of piperazine rings is 1. The fraction of sp³-hybridized carbons (Fsp3) is 0.571. The van der Waals surface area contributed by atoms with E-state index >= 15 is 0 Å². The second-order valence-electron chi connectivity index (χ2n) is 5.14. The summed E-state index contributed by atoms with van der Waals surface area (Å²) in [6.07, 6.45) is 0.781. The zero-order valence-corrected chi connectivity index (χ0v) is 14.2. The molecule has 0 spiro atoms. The smallest absolute Gasteiger partial charge is 0.240 e. The van der Waals surface area contributed by atoms with Crippen LogP contribution in [0.25, 0.3) is 0 Å². The van der Waals surface area contributed by atoms with Crippen molar-refractivity contribution in [1.82, 2.24) is 14.9 Å².